The van der Waals surface area contributed by atoms with Crippen molar-refractivity contribution in [1.82, 2.24) is 24.5 Å². The highest BCUT2D eigenvalue weighted by molar-refractivity contribution is 7.89. The summed E-state index contributed by atoms with van der Waals surface area (Å²) in [7, 11) is -3.76. The molecule has 0 amide bonds. The van der Waals surface area contributed by atoms with Gasteiger partial charge in [0, 0.05) is 12.4 Å². The molecule has 0 unspecified atom stereocenters. The van der Waals surface area contributed by atoms with Gasteiger partial charge in [-0.15, -0.1) is 0 Å². The molecule has 0 aliphatic rings. The van der Waals surface area contributed by atoms with Crippen LogP contribution in [0.3, 0.4) is 0 Å². The van der Waals surface area contributed by atoms with Crippen LogP contribution < -0.4 is 4.72 Å². The lowest BCUT2D eigenvalue weighted by Crippen LogP contribution is -2.23. The molecule has 0 bridgehead atoms. The Hall–Kier alpha value is -2.33. The number of carboxylic acids is 1. The zero-order valence-corrected chi connectivity index (χ0v) is 11.0. The molecule has 0 aliphatic carbocycles. The molecule has 2 rings (SSSR count). The molecule has 0 aliphatic heterocycles. The van der Waals surface area contributed by atoms with E-state index in [9.17, 15) is 13.2 Å². The van der Waals surface area contributed by atoms with Crippen LogP contribution in [0.25, 0.3) is 0 Å². The van der Waals surface area contributed by atoms with Crippen LogP contribution in [-0.2, 0) is 27.9 Å². The van der Waals surface area contributed by atoms with Crippen molar-refractivity contribution in [3.8, 4) is 0 Å². The molecular formula is C10H11N5O4S. The summed E-state index contributed by atoms with van der Waals surface area (Å²) in [6.07, 6.45) is 5.05. The minimum Gasteiger partial charge on any atom is -0.480 e. The molecule has 0 fully saturated rings. The van der Waals surface area contributed by atoms with E-state index in [1.165, 1.54) is 12.5 Å². The number of aromatic nitrogens is 4. The van der Waals surface area contributed by atoms with Crippen LogP contribution in [0.15, 0.2) is 35.9 Å². The molecular weight excluding hydrogens is 286 g/mol. The van der Waals surface area contributed by atoms with Gasteiger partial charge in [-0.2, -0.15) is 5.10 Å². The quantitative estimate of drug-likeness (QED) is 0.717. The van der Waals surface area contributed by atoms with Crippen molar-refractivity contribution in [2.24, 2.45) is 0 Å². The second-order valence-electron chi connectivity index (χ2n) is 3.79. The average Bonchev–Trinajstić information content (AvgIpc) is 2.86. The van der Waals surface area contributed by atoms with Gasteiger partial charge in [0.2, 0.25) is 10.0 Å². The van der Waals surface area contributed by atoms with E-state index < -0.39 is 22.5 Å². The third kappa shape index (κ3) is 3.59. The summed E-state index contributed by atoms with van der Waals surface area (Å²) < 4.78 is 27.3. The van der Waals surface area contributed by atoms with Gasteiger partial charge in [0.25, 0.3) is 0 Å². The maximum atomic E-state index is 11.9. The first-order chi connectivity index (χ1) is 9.47. The Morgan fingerprint density at radius 3 is 2.90 bits per heavy atom. The smallest absolute Gasteiger partial charge is 0.325 e. The molecule has 2 N–H and O–H groups in total. The first kappa shape index (κ1) is 14.1. The van der Waals surface area contributed by atoms with Gasteiger partial charge in [0.15, 0.2) is 0 Å². The summed E-state index contributed by atoms with van der Waals surface area (Å²) in [6.45, 7) is -0.392. The van der Waals surface area contributed by atoms with E-state index >= 15 is 0 Å². The number of sulfonamides is 1. The normalized spacial score (nSPS) is 11.4. The van der Waals surface area contributed by atoms with Crippen LogP contribution >= 0.6 is 0 Å². The van der Waals surface area contributed by atoms with Gasteiger partial charge in [-0.25, -0.2) is 23.1 Å². The molecule has 20 heavy (non-hydrogen) atoms. The van der Waals surface area contributed by atoms with E-state index in [1.54, 1.807) is 6.07 Å². The molecule has 2 aromatic rings. The number of hydrogen-bond acceptors (Lipinski definition) is 6. The van der Waals surface area contributed by atoms with Gasteiger partial charge in [0.05, 0.1) is 18.4 Å². The van der Waals surface area contributed by atoms with E-state index in [1.807, 2.05) is 0 Å². The largest absolute Gasteiger partial charge is 0.480 e. The highest BCUT2D eigenvalue weighted by atomic mass is 32.2. The predicted octanol–water partition coefficient (Wildman–Crippen LogP) is -0.764. The maximum absolute atomic E-state index is 11.9. The van der Waals surface area contributed by atoms with Gasteiger partial charge < -0.3 is 5.11 Å². The van der Waals surface area contributed by atoms with Crippen LogP contribution in [0, 0.1) is 0 Å². The van der Waals surface area contributed by atoms with Crippen molar-refractivity contribution in [2.45, 2.75) is 18.0 Å². The number of nitrogens with zero attached hydrogens (tertiary/aromatic N) is 4. The second kappa shape index (κ2) is 5.75. The number of carboxylic acid groups (broad SMARTS) is 1. The van der Waals surface area contributed by atoms with Gasteiger partial charge in [-0.05, 0) is 6.07 Å². The van der Waals surface area contributed by atoms with Crippen molar-refractivity contribution >= 4 is 16.0 Å². The van der Waals surface area contributed by atoms with Crippen LogP contribution in [0.2, 0.25) is 0 Å². The van der Waals surface area contributed by atoms with Crippen molar-refractivity contribution in [3.05, 3.63) is 36.7 Å². The van der Waals surface area contributed by atoms with Gasteiger partial charge in [0.1, 0.15) is 17.8 Å². The molecule has 0 aromatic carbocycles. The molecule has 0 saturated heterocycles. The van der Waals surface area contributed by atoms with Crippen LogP contribution in [0.5, 0.6) is 0 Å². The molecule has 106 valence electrons. The SMILES string of the molecule is O=C(O)Cn1cc(S(=O)(=O)NCc2ccncn2)cn1. The lowest BCUT2D eigenvalue weighted by Gasteiger charge is -2.03. The summed E-state index contributed by atoms with van der Waals surface area (Å²) in [6, 6.07) is 1.58. The topological polar surface area (TPSA) is 127 Å². The van der Waals surface area contributed by atoms with Gasteiger partial charge in [-0.3, -0.25) is 9.48 Å². The highest BCUT2D eigenvalue weighted by Gasteiger charge is 2.17. The first-order valence-corrected chi connectivity index (χ1v) is 6.94. The monoisotopic (exact) mass is 297 g/mol. The van der Waals surface area contributed by atoms with E-state index in [2.05, 4.69) is 19.8 Å². The van der Waals surface area contributed by atoms with Crippen LogP contribution in [-0.4, -0.2) is 39.2 Å². The summed E-state index contributed by atoms with van der Waals surface area (Å²) in [5, 5.41) is 12.3. The van der Waals surface area contributed by atoms with Crippen molar-refractivity contribution in [1.29, 1.82) is 0 Å². The highest BCUT2D eigenvalue weighted by Crippen LogP contribution is 2.07. The lowest BCUT2D eigenvalue weighted by molar-refractivity contribution is -0.137. The number of rotatable bonds is 6. The van der Waals surface area contributed by atoms with E-state index in [-0.39, 0.29) is 11.4 Å². The Balaban J connectivity index is 2.06. The molecule has 2 aromatic heterocycles. The lowest BCUT2D eigenvalue weighted by atomic mass is 10.4. The Kier molecular flexibility index (Phi) is 4.05. The van der Waals surface area contributed by atoms with Crippen molar-refractivity contribution in [2.75, 3.05) is 0 Å². The predicted molar refractivity (Wildman–Crippen MR) is 65.9 cm³/mol. The fraction of sp³-hybridized carbons (Fsp3) is 0.200. The third-order valence-corrected chi connectivity index (χ3v) is 3.66. The van der Waals surface area contributed by atoms with Crippen molar-refractivity contribution < 1.29 is 18.3 Å². The zero-order valence-electron chi connectivity index (χ0n) is 10.2. The molecule has 0 spiro atoms. The Morgan fingerprint density at radius 2 is 2.25 bits per heavy atom. The molecule has 10 heteroatoms. The molecule has 0 saturated carbocycles. The van der Waals surface area contributed by atoms with E-state index in [4.69, 9.17) is 5.11 Å². The van der Waals surface area contributed by atoms with Gasteiger partial charge >= 0.3 is 5.97 Å². The first-order valence-electron chi connectivity index (χ1n) is 5.46. The maximum Gasteiger partial charge on any atom is 0.325 e. The fourth-order valence-electron chi connectivity index (χ4n) is 1.38. The molecule has 2 heterocycles. The number of carbonyl (C=O) groups is 1. The minimum absolute atomic E-state index is 0.00889. The summed E-state index contributed by atoms with van der Waals surface area (Å²) in [4.78, 5) is 18.0. The van der Waals surface area contributed by atoms with Crippen LogP contribution in [0.4, 0.5) is 0 Å². The average molecular weight is 297 g/mol. The van der Waals surface area contributed by atoms with Crippen molar-refractivity contribution in [3.63, 3.8) is 0 Å². The molecule has 9 nitrogen and oxygen atoms in total. The minimum atomic E-state index is -3.76. The zero-order chi connectivity index (χ0) is 14.6. The summed E-state index contributed by atoms with van der Waals surface area (Å²) in [5.74, 6) is -1.11. The standard InChI is InChI=1S/C10H11N5O4S/c16-10(17)6-15-5-9(4-13-15)20(18,19)14-3-8-1-2-11-7-12-8/h1-2,4-5,7,14H,3,6H2,(H,16,17). The van der Waals surface area contributed by atoms with Crippen LogP contribution in [0.1, 0.15) is 5.69 Å². The second-order valence-corrected chi connectivity index (χ2v) is 5.56. The molecule has 0 atom stereocenters. The Morgan fingerprint density at radius 1 is 1.45 bits per heavy atom. The van der Waals surface area contributed by atoms with E-state index in [0.29, 0.717) is 5.69 Å². The van der Waals surface area contributed by atoms with Gasteiger partial charge in [-0.1, -0.05) is 0 Å². The molecule has 0 radical (unpaired) electrons. The fourth-order valence-corrected chi connectivity index (χ4v) is 2.33. The number of nitrogens with one attached hydrogen (secondary N) is 1. The van der Waals surface area contributed by atoms with E-state index in [0.717, 1.165) is 17.1 Å². The third-order valence-electron chi connectivity index (χ3n) is 2.30. The Labute approximate surface area is 114 Å². The number of hydrogen-bond donors (Lipinski definition) is 2. The Bertz CT molecular complexity index is 697. The number of aliphatic carboxylic acids is 1. The summed E-state index contributed by atoms with van der Waals surface area (Å²) in [5.41, 5.74) is 0.515. The summed E-state index contributed by atoms with van der Waals surface area (Å²) >= 11 is 0.